The quantitative estimate of drug-likeness (QED) is 0.401. The number of benzene rings is 1. The molecule has 1 aromatic carbocycles. The molecule has 10 heteroatoms. The number of carbonyl (C=O) groups excluding carboxylic acids is 1. The highest BCUT2D eigenvalue weighted by molar-refractivity contribution is 7.91. The van der Waals surface area contributed by atoms with Gasteiger partial charge in [0.05, 0.1) is 36.5 Å². The number of carbonyl (C=O) groups is 1. The zero-order valence-electron chi connectivity index (χ0n) is 18.1. The van der Waals surface area contributed by atoms with E-state index < -0.39 is 34.1 Å². The number of nitrogens with zero attached hydrogens (tertiary/aromatic N) is 3. The Bertz CT molecular complexity index is 893. The second kappa shape index (κ2) is 11.6. The highest BCUT2D eigenvalue weighted by atomic mass is 32.2. The molecule has 9 nitrogen and oxygen atoms in total. The lowest BCUT2D eigenvalue weighted by atomic mass is 9.79. The lowest BCUT2D eigenvalue weighted by Gasteiger charge is -2.36. The number of amides is 1. The normalized spacial score (nSPS) is 22.1. The number of morpholine rings is 1. The highest BCUT2D eigenvalue weighted by Gasteiger charge is 2.35. The van der Waals surface area contributed by atoms with Gasteiger partial charge in [-0.25, -0.2) is 8.42 Å². The third-order valence-electron chi connectivity index (χ3n) is 6.08. The molecule has 0 aromatic heterocycles. The predicted molar refractivity (Wildman–Crippen MR) is 117 cm³/mol. The van der Waals surface area contributed by atoms with Crippen molar-refractivity contribution in [3.05, 3.63) is 29.5 Å². The van der Waals surface area contributed by atoms with Gasteiger partial charge in [-0.3, -0.25) is 9.69 Å². The third-order valence-corrected chi connectivity index (χ3v) is 7.94. The summed E-state index contributed by atoms with van der Waals surface area (Å²) in [5, 5.41) is 20.6. The van der Waals surface area contributed by atoms with Crippen LogP contribution in [-0.4, -0.2) is 76.0 Å². The van der Waals surface area contributed by atoms with Crippen molar-refractivity contribution in [2.24, 2.45) is 11.8 Å². The Hall–Kier alpha value is -2.19. The molecule has 176 valence electrons. The third kappa shape index (κ3) is 6.65. The van der Waals surface area contributed by atoms with E-state index in [1.54, 1.807) is 18.2 Å². The molecule has 1 amide bonds. The molecular formula is C22H30N3O6S-. The molecule has 1 aromatic rings. The fourth-order valence-electron chi connectivity index (χ4n) is 4.30. The van der Waals surface area contributed by atoms with Crippen LogP contribution in [0.3, 0.4) is 0 Å². The molecule has 0 radical (unpaired) electrons. The molecule has 2 atom stereocenters. The summed E-state index contributed by atoms with van der Waals surface area (Å²) in [4.78, 5) is 14.8. The van der Waals surface area contributed by atoms with Crippen molar-refractivity contribution in [1.29, 1.82) is 5.26 Å². The van der Waals surface area contributed by atoms with Crippen molar-refractivity contribution in [2.75, 3.05) is 51.8 Å². The molecule has 32 heavy (non-hydrogen) atoms. The molecule has 1 aliphatic heterocycles. The fourth-order valence-corrected chi connectivity index (χ4v) is 6.00. The van der Waals surface area contributed by atoms with Crippen LogP contribution in [-0.2, 0) is 19.4 Å². The molecule has 1 saturated heterocycles. The van der Waals surface area contributed by atoms with Crippen LogP contribution < -0.4 is 4.74 Å². The molecule has 1 saturated carbocycles. The van der Waals surface area contributed by atoms with E-state index in [1.807, 2.05) is 0 Å². The number of nitriles is 1. The van der Waals surface area contributed by atoms with Crippen molar-refractivity contribution in [3.8, 4) is 11.8 Å². The fraction of sp³-hybridized carbons (Fsp3) is 0.636. The van der Waals surface area contributed by atoms with Crippen molar-refractivity contribution >= 4 is 15.7 Å². The topological polar surface area (TPSA) is 123 Å². The van der Waals surface area contributed by atoms with E-state index in [1.165, 1.54) is 12.1 Å². The first-order valence-electron chi connectivity index (χ1n) is 11.0. The second-order valence-corrected chi connectivity index (χ2v) is 10.3. The van der Waals surface area contributed by atoms with E-state index in [-0.39, 0.29) is 15.7 Å². The molecule has 1 aliphatic carbocycles. The number of hydrogen-bond donors (Lipinski definition) is 0. The molecule has 0 unspecified atom stereocenters. The van der Waals surface area contributed by atoms with E-state index in [0.29, 0.717) is 25.2 Å². The number of ether oxygens (including phenoxy) is 2. The maximum atomic E-state index is 13.0. The average molecular weight is 465 g/mol. The Kier molecular flexibility index (Phi) is 8.87. The van der Waals surface area contributed by atoms with Gasteiger partial charge >= 0.3 is 0 Å². The number of hydrogen-bond acceptors (Lipinski definition) is 8. The van der Waals surface area contributed by atoms with E-state index in [4.69, 9.17) is 14.7 Å². The van der Waals surface area contributed by atoms with Gasteiger partial charge in [-0.1, -0.05) is 12.8 Å². The minimum Gasteiger partial charge on any atom is -0.756 e. The zero-order chi connectivity index (χ0) is 23.0. The van der Waals surface area contributed by atoms with Gasteiger partial charge in [-0.2, -0.15) is 5.26 Å². The SMILES string of the molecule is N#CCN([O-])C(=O)[C@H]1CCCC[C@@H]1CS(=O)(=O)c1ccc(OCCN2CCOCC2)cc1. The summed E-state index contributed by atoms with van der Waals surface area (Å²) in [6.07, 6.45) is 2.62. The van der Waals surface area contributed by atoms with E-state index in [0.717, 1.165) is 45.7 Å². The van der Waals surface area contributed by atoms with Crippen molar-refractivity contribution in [2.45, 2.75) is 30.6 Å². The van der Waals surface area contributed by atoms with Crippen LogP contribution in [0.4, 0.5) is 0 Å². The Morgan fingerprint density at radius 3 is 2.59 bits per heavy atom. The molecule has 0 N–H and O–H groups in total. The Morgan fingerprint density at radius 1 is 1.22 bits per heavy atom. The number of sulfone groups is 1. The van der Waals surface area contributed by atoms with Crippen molar-refractivity contribution in [1.82, 2.24) is 9.96 Å². The summed E-state index contributed by atoms with van der Waals surface area (Å²) in [6.45, 7) is 3.96. The summed E-state index contributed by atoms with van der Waals surface area (Å²) in [5.41, 5.74) is 0. The standard InChI is InChI=1S/C22H30N3O6S/c23-9-10-25(27)22(26)21-4-2-1-3-18(21)17-32(28,29)20-7-5-19(6-8-20)31-16-13-24-11-14-30-15-12-24/h5-8,18,21H,1-4,10-17H2/q-1/t18-,21+/m1/s1. The first-order valence-corrected chi connectivity index (χ1v) is 12.7. The van der Waals surface area contributed by atoms with Gasteiger partial charge < -0.3 is 19.7 Å². The summed E-state index contributed by atoms with van der Waals surface area (Å²) in [5.74, 6) is -1.37. The highest BCUT2D eigenvalue weighted by Crippen LogP contribution is 2.34. The lowest BCUT2D eigenvalue weighted by molar-refractivity contribution is -0.135. The van der Waals surface area contributed by atoms with Gasteiger partial charge in [0.25, 0.3) is 0 Å². The van der Waals surface area contributed by atoms with Gasteiger partial charge in [0.1, 0.15) is 12.4 Å². The maximum Gasteiger partial charge on any atom is 0.216 e. The van der Waals surface area contributed by atoms with Gasteiger partial charge in [-0.05, 0) is 43.0 Å². The summed E-state index contributed by atoms with van der Waals surface area (Å²) in [6, 6.07) is 8.00. The van der Waals surface area contributed by atoms with Crippen LogP contribution in [0.1, 0.15) is 25.7 Å². The van der Waals surface area contributed by atoms with Crippen LogP contribution in [0.2, 0.25) is 0 Å². The first-order chi connectivity index (χ1) is 15.4. The van der Waals surface area contributed by atoms with Gasteiger partial charge in [0.15, 0.2) is 9.84 Å². The van der Waals surface area contributed by atoms with Crippen LogP contribution in [0.15, 0.2) is 29.2 Å². The zero-order valence-corrected chi connectivity index (χ0v) is 19.0. The molecular weight excluding hydrogens is 434 g/mol. The second-order valence-electron chi connectivity index (χ2n) is 8.24. The van der Waals surface area contributed by atoms with Gasteiger partial charge in [0.2, 0.25) is 5.91 Å². The van der Waals surface area contributed by atoms with E-state index in [9.17, 15) is 18.4 Å². The molecule has 0 bridgehead atoms. The van der Waals surface area contributed by atoms with Crippen molar-refractivity contribution < 1.29 is 22.7 Å². The lowest BCUT2D eigenvalue weighted by Crippen LogP contribution is -2.39. The Labute approximate surface area is 189 Å². The van der Waals surface area contributed by atoms with E-state index in [2.05, 4.69) is 4.90 Å². The largest absolute Gasteiger partial charge is 0.756 e. The van der Waals surface area contributed by atoms with Crippen LogP contribution in [0.25, 0.3) is 0 Å². The number of rotatable bonds is 9. The monoisotopic (exact) mass is 464 g/mol. The smallest absolute Gasteiger partial charge is 0.216 e. The summed E-state index contributed by atoms with van der Waals surface area (Å²) < 4.78 is 37.0. The van der Waals surface area contributed by atoms with Gasteiger partial charge in [0, 0.05) is 25.6 Å². The minimum atomic E-state index is -3.63. The van der Waals surface area contributed by atoms with Crippen LogP contribution >= 0.6 is 0 Å². The first kappa shape index (κ1) is 24.5. The Balaban J connectivity index is 1.57. The van der Waals surface area contributed by atoms with E-state index >= 15 is 0 Å². The van der Waals surface area contributed by atoms with Crippen molar-refractivity contribution in [3.63, 3.8) is 0 Å². The average Bonchev–Trinajstić information content (AvgIpc) is 2.80. The Morgan fingerprint density at radius 2 is 1.91 bits per heavy atom. The maximum absolute atomic E-state index is 13.0. The summed E-state index contributed by atoms with van der Waals surface area (Å²) in [7, 11) is -3.63. The molecule has 3 rings (SSSR count). The summed E-state index contributed by atoms with van der Waals surface area (Å²) >= 11 is 0. The number of hydroxylamine groups is 2. The molecule has 2 aliphatic rings. The minimum absolute atomic E-state index is 0.151. The molecule has 2 fully saturated rings. The van der Waals surface area contributed by atoms with Crippen LogP contribution in [0.5, 0.6) is 5.75 Å². The predicted octanol–water partition coefficient (Wildman–Crippen LogP) is 1.83. The molecule has 0 spiro atoms. The van der Waals surface area contributed by atoms with Crippen LogP contribution in [0, 0.1) is 28.4 Å². The molecule has 1 heterocycles. The van der Waals surface area contributed by atoms with Gasteiger partial charge in [-0.15, -0.1) is 0 Å².